The molecule has 164 valence electrons. The predicted molar refractivity (Wildman–Crippen MR) is 115 cm³/mol. The number of hydrogen-bond donors (Lipinski definition) is 1. The predicted octanol–water partition coefficient (Wildman–Crippen LogP) is 4.59. The van der Waals surface area contributed by atoms with Crippen LogP contribution < -0.4 is 15.7 Å². The van der Waals surface area contributed by atoms with Crippen molar-refractivity contribution >= 4 is 23.0 Å². The maximum Gasteiger partial charge on any atom is 0.408 e. The highest BCUT2D eigenvalue weighted by Gasteiger charge is 2.30. The SMILES string of the molecule is CCCc1cc(=O)oc2cc(OC(=O)[C@@H](NC(=O)OC(C)(C)C)[C@H](C)CC)ccc12. The monoisotopic (exact) mass is 417 g/mol. The van der Waals surface area contributed by atoms with E-state index in [4.69, 9.17) is 13.9 Å². The summed E-state index contributed by atoms with van der Waals surface area (Å²) in [5.74, 6) is -0.537. The smallest absolute Gasteiger partial charge is 0.408 e. The second kappa shape index (κ2) is 9.78. The number of benzene rings is 1. The third-order valence-electron chi connectivity index (χ3n) is 4.68. The number of ether oxygens (including phenoxy) is 2. The first kappa shape index (κ1) is 23.4. The van der Waals surface area contributed by atoms with Crippen molar-refractivity contribution in [3.63, 3.8) is 0 Å². The molecular formula is C23H31NO6. The lowest BCUT2D eigenvalue weighted by molar-refractivity contribution is -0.138. The Morgan fingerprint density at radius 3 is 2.47 bits per heavy atom. The molecule has 0 spiro atoms. The second-order valence-corrected chi connectivity index (χ2v) is 8.43. The minimum atomic E-state index is -0.876. The zero-order valence-corrected chi connectivity index (χ0v) is 18.5. The molecule has 0 bridgehead atoms. The summed E-state index contributed by atoms with van der Waals surface area (Å²) in [7, 11) is 0. The Labute approximate surface area is 176 Å². The van der Waals surface area contributed by atoms with Gasteiger partial charge < -0.3 is 19.2 Å². The number of rotatable bonds is 7. The second-order valence-electron chi connectivity index (χ2n) is 8.43. The molecule has 30 heavy (non-hydrogen) atoms. The van der Waals surface area contributed by atoms with Crippen LogP contribution in [0.1, 0.15) is 59.9 Å². The van der Waals surface area contributed by atoms with Crippen LogP contribution in [0, 0.1) is 5.92 Å². The van der Waals surface area contributed by atoms with Crippen molar-refractivity contribution in [3.05, 3.63) is 40.2 Å². The summed E-state index contributed by atoms with van der Waals surface area (Å²) in [5.41, 5.74) is 0.126. The number of alkyl carbamates (subject to hydrolysis) is 1. The molecule has 0 radical (unpaired) electrons. The van der Waals surface area contributed by atoms with Gasteiger partial charge in [0.2, 0.25) is 0 Å². The normalized spacial score (nSPS) is 13.5. The Morgan fingerprint density at radius 1 is 1.17 bits per heavy atom. The first-order chi connectivity index (χ1) is 14.0. The summed E-state index contributed by atoms with van der Waals surface area (Å²) >= 11 is 0. The lowest BCUT2D eigenvalue weighted by Gasteiger charge is -2.25. The van der Waals surface area contributed by atoms with Crippen LogP contribution in [0.4, 0.5) is 4.79 Å². The molecule has 0 saturated carbocycles. The number of hydrogen-bond acceptors (Lipinski definition) is 6. The maximum atomic E-state index is 12.8. The van der Waals surface area contributed by atoms with Gasteiger partial charge in [-0.15, -0.1) is 0 Å². The minimum Gasteiger partial charge on any atom is -0.444 e. The maximum absolute atomic E-state index is 12.8. The Balaban J connectivity index is 2.25. The molecular weight excluding hydrogens is 386 g/mol. The average Bonchev–Trinajstić information content (AvgIpc) is 2.63. The third-order valence-corrected chi connectivity index (χ3v) is 4.68. The Hall–Kier alpha value is -2.83. The van der Waals surface area contributed by atoms with Crippen LogP contribution in [0.25, 0.3) is 11.0 Å². The van der Waals surface area contributed by atoms with Crippen molar-refractivity contribution in [1.82, 2.24) is 5.32 Å². The fourth-order valence-corrected chi connectivity index (χ4v) is 3.03. The zero-order chi connectivity index (χ0) is 22.5. The van der Waals surface area contributed by atoms with E-state index in [1.807, 2.05) is 20.8 Å². The van der Waals surface area contributed by atoms with E-state index in [0.29, 0.717) is 12.0 Å². The highest BCUT2D eigenvalue weighted by atomic mass is 16.6. The molecule has 0 aliphatic rings. The molecule has 2 aromatic rings. The Bertz CT molecular complexity index is 956. The molecule has 1 aromatic heterocycles. The minimum absolute atomic E-state index is 0.167. The van der Waals surface area contributed by atoms with Gasteiger partial charge in [0.1, 0.15) is 23.0 Å². The molecule has 1 aromatic carbocycles. The van der Waals surface area contributed by atoms with Gasteiger partial charge in [0.25, 0.3) is 0 Å². The van der Waals surface area contributed by atoms with Crippen molar-refractivity contribution in [2.75, 3.05) is 0 Å². The van der Waals surface area contributed by atoms with Gasteiger partial charge in [0, 0.05) is 17.5 Å². The van der Waals surface area contributed by atoms with E-state index >= 15 is 0 Å². The van der Waals surface area contributed by atoms with E-state index in [2.05, 4.69) is 5.32 Å². The van der Waals surface area contributed by atoms with E-state index in [-0.39, 0.29) is 11.7 Å². The third kappa shape index (κ3) is 6.34. The van der Waals surface area contributed by atoms with E-state index in [9.17, 15) is 14.4 Å². The van der Waals surface area contributed by atoms with E-state index < -0.39 is 29.3 Å². The fraction of sp³-hybridized carbons (Fsp3) is 0.522. The van der Waals surface area contributed by atoms with Crippen LogP contribution in [0.2, 0.25) is 0 Å². The summed E-state index contributed by atoms with van der Waals surface area (Å²) in [5, 5.41) is 3.41. The summed E-state index contributed by atoms with van der Waals surface area (Å²) in [4.78, 5) is 36.8. The first-order valence-corrected chi connectivity index (χ1v) is 10.3. The quantitative estimate of drug-likeness (QED) is 0.402. The molecule has 1 N–H and O–H groups in total. The molecule has 0 saturated heterocycles. The van der Waals surface area contributed by atoms with Gasteiger partial charge in [-0.25, -0.2) is 14.4 Å². The van der Waals surface area contributed by atoms with Crippen molar-refractivity contribution < 1.29 is 23.5 Å². The molecule has 1 amide bonds. The highest BCUT2D eigenvalue weighted by molar-refractivity contribution is 5.85. The van der Waals surface area contributed by atoms with E-state index in [1.54, 1.807) is 32.9 Å². The molecule has 0 unspecified atom stereocenters. The number of fused-ring (bicyclic) bond motifs is 1. The van der Waals surface area contributed by atoms with Gasteiger partial charge in [-0.05, 0) is 50.8 Å². The zero-order valence-electron chi connectivity index (χ0n) is 18.5. The van der Waals surface area contributed by atoms with Gasteiger partial charge in [-0.1, -0.05) is 33.6 Å². The molecule has 0 fully saturated rings. The number of esters is 1. The summed E-state index contributed by atoms with van der Waals surface area (Å²) in [6, 6.07) is 5.56. The lowest BCUT2D eigenvalue weighted by Crippen LogP contribution is -2.48. The number of carbonyl (C=O) groups is 2. The average molecular weight is 418 g/mol. The summed E-state index contributed by atoms with van der Waals surface area (Å²) in [6.07, 6.45) is 1.61. The molecule has 7 nitrogen and oxygen atoms in total. The number of amides is 1. The molecule has 1 heterocycles. The van der Waals surface area contributed by atoms with Gasteiger partial charge in [0.15, 0.2) is 0 Å². The lowest BCUT2D eigenvalue weighted by atomic mass is 9.99. The molecule has 2 atom stereocenters. The van der Waals surface area contributed by atoms with Crippen molar-refractivity contribution in [2.24, 2.45) is 5.92 Å². The summed E-state index contributed by atoms with van der Waals surface area (Å²) < 4.78 is 16.1. The van der Waals surface area contributed by atoms with Crippen LogP contribution in [0.5, 0.6) is 5.75 Å². The topological polar surface area (TPSA) is 94.8 Å². The van der Waals surface area contributed by atoms with Crippen LogP contribution in [-0.2, 0) is 16.0 Å². The Kier molecular flexibility index (Phi) is 7.65. The van der Waals surface area contributed by atoms with Crippen LogP contribution in [-0.4, -0.2) is 23.7 Å². The first-order valence-electron chi connectivity index (χ1n) is 10.3. The highest BCUT2D eigenvalue weighted by Crippen LogP contribution is 2.24. The number of nitrogens with one attached hydrogen (secondary N) is 1. The molecule has 0 aliphatic heterocycles. The molecule has 7 heteroatoms. The van der Waals surface area contributed by atoms with Crippen molar-refractivity contribution in [1.29, 1.82) is 0 Å². The van der Waals surface area contributed by atoms with Gasteiger partial charge >= 0.3 is 17.7 Å². The fourth-order valence-electron chi connectivity index (χ4n) is 3.03. The van der Waals surface area contributed by atoms with E-state index in [1.165, 1.54) is 12.1 Å². The van der Waals surface area contributed by atoms with Crippen molar-refractivity contribution in [2.45, 2.75) is 72.4 Å². The summed E-state index contributed by atoms with van der Waals surface area (Å²) in [6.45, 7) is 11.0. The van der Waals surface area contributed by atoms with Gasteiger partial charge in [-0.3, -0.25) is 0 Å². The number of carbonyl (C=O) groups excluding carboxylic acids is 2. The number of aryl methyl sites for hydroxylation is 1. The van der Waals surface area contributed by atoms with E-state index in [0.717, 1.165) is 23.8 Å². The van der Waals surface area contributed by atoms with Crippen LogP contribution in [0.15, 0.2) is 33.5 Å². The van der Waals surface area contributed by atoms with Gasteiger partial charge in [0.05, 0.1) is 0 Å². The molecule has 2 rings (SSSR count). The standard InChI is InChI=1S/C23H31NO6/c1-7-9-15-12-19(25)29-18-13-16(10-11-17(15)18)28-21(26)20(14(3)8-2)24-22(27)30-23(4,5)6/h10-14,20H,7-9H2,1-6H3,(H,24,27)/t14-,20+/m1/s1. The largest absolute Gasteiger partial charge is 0.444 e. The molecule has 0 aliphatic carbocycles. The van der Waals surface area contributed by atoms with Crippen LogP contribution >= 0.6 is 0 Å². The van der Waals surface area contributed by atoms with Gasteiger partial charge in [-0.2, -0.15) is 0 Å². The Morgan fingerprint density at radius 2 is 1.87 bits per heavy atom. The van der Waals surface area contributed by atoms with Crippen molar-refractivity contribution in [3.8, 4) is 5.75 Å². The van der Waals surface area contributed by atoms with Crippen LogP contribution in [0.3, 0.4) is 0 Å².